The molecule has 2 aromatic carbocycles. The molecule has 2 nitrogen and oxygen atoms in total. The zero-order valence-corrected chi connectivity index (χ0v) is 11.6. The molecular formula is C17H18N2. The maximum absolute atomic E-state index is 4.23. The first-order valence-electron chi connectivity index (χ1n) is 6.66. The molecule has 0 aliphatic rings. The van der Waals surface area contributed by atoms with Gasteiger partial charge in [0.05, 0.1) is 6.20 Å². The van der Waals surface area contributed by atoms with Gasteiger partial charge in [0, 0.05) is 18.8 Å². The molecule has 0 saturated heterocycles. The molecule has 3 rings (SSSR count). The van der Waals surface area contributed by atoms with E-state index in [0.29, 0.717) is 5.92 Å². The molecule has 0 radical (unpaired) electrons. The van der Waals surface area contributed by atoms with Crippen LogP contribution in [0.1, 0.15) is 25.3 Å². The molecular weight excluding hydrogens is 232 g/mol. The van der Waals surface area contributed by atoms with E-state index < -0.39 is 0 Å². The van der Waals surface area contributed by atoms with Gasteiger partial charge in [0.15, 0.2) is 0 Å². The summed E-state index contributed by atoms with van der Waals surface area (Å²) < 4.78 is 1.83. The third kappa shape index (κ3) is 2.26. The lowest BCUT2D eigenvalue weighted by Gasteiger charge is -2.08. The minimum atomic E-state index is 0.572. The van der Waals surface area contributed by atoms with Gasteiger partial charge in [0.25, 0.3) is 0 Å². The van der Waals surface area contributed by atoms with E-state index in [1.54, 1.807) is 0 Å². The molecule has 0 amide bonds. The molecule has 0 spiro atoms. The first-order chi connectivity index (χ1) is 9.13. The summed E-state index contributed by atoms with van der Waals surface area (Å²) in [6, 6.07) is 13.3. The highest BCUT2D eigenvalue weighted by Crippen LogP contribution is 2.26. The van der Waals surface area contributed by atoms with Gasteiger partial charge in [-0.05, 0) is 33.9 Å². The van der Waals surface area contributed by atoms with Crippen molar-refractivity contribution in [2.45, 2.75) is 19.8 Å². The van der Waals surface area contributed by atoms with Crippen molar-refractivity contribution in [3.8, 4) is 11.1 Å². The SMILES string of the molecule is CC(C)c1ccc2cc(-c3cnn(C)c3)ccc2c1. The normalized spacial score (nSPS) is 11.4. The van der Waals surface area contributed by atoms with Gasteiger partial charge in [-0.25, -0.2) is 0 Å². The lowest BCUT2D eigenvalue weighted by Crippen LogP contribution is -1.87. The molecule has 0 atom stereocenters. The lowest BCUT2D eigenvalue weighted by molar-refractivity contribution is 0.768. The topological polar surface area (TPSA) is 17.8 Å². The quantitative estimate of drug-likeness (QED) is 0.660. The fourth-order valence-electron chi connectivity index (χ4n) is 2.37. The number of aromatic nitrogens is 2. The van der Waals surface area contributed by atoms with E-state index in [2.05, 4.69) is 55.3 Å². The van der Waals surface area contributed by atoms with Crippen LogP contribution in [0.2, 0.25) is 0 Å². The minimum Gasteiger partial charge on any atom is -0.275 e. The Labute approximate surface area is 113 Å². The molecule has 0 aliphatic carbocycles. The van der Waals surface area contributed by atoms with Gasteiger partial charge in [0.1, 0.15) is 0 Å². The monoisotopic (exact) mass is 250 g/mol. The predicted octanol–water partition coefficient (Wildman–Crippen LogP) is 4.36. The summed E-state index contributed by atoms with van der Waals surface area (Å²) >= 11 is 0. The molecule has 0 aliphatic heterocycles. The molecule has 1 aromatic heterocycles. The lowest BCUT2D eigenvalue weighted by atomic mass is 9.97. The number of hydrogen-bond acceptors (Lipinski definition) is 1. The van der Waals surface area contributed by atoms with Crippen LogP contribution in [0, 0.1) is 0 Å². The summed E-state index contributed by atoms with van der Waals surface area (Å²) in [6.45, 7) is 4.45. The first-order valence-corrected chi connectivity index (χ1v) is 6.66. The summed E-state index contributed by atoms with van der Waals surface area (Å²) in [5.74, 6) is 0.572. The molecule has 3 aromatic rings. The van der Waals surface area contributed by atoms with Crippen LogP contribution in [0.5, 0.6) is 0 Å². The maximum Gasteiger partial charge on any atom is 0.0568 e. The summed E-state index contributed by atoms with van der Waals surface area (Å²) in [5.41, 5.74) is 3.77. The third-order valence-electron chi connectivity index (χ3n) is 3.57. The van der Waals surface area contributed by atoms with Crippen molar-refractivity contribution >= 4 is 10.8 Å². The van der Waals surface area contributed by atoms with Crippen molar-refractivity contribution in [2.24, 2.45) is 7.05 Å². The second-order valence-corrected chi connectivity index (χ2v) is 5.38. The molecule has 19 heavy (non-hydrogen) atoms. The second kappa shape index (κ2) is 4.54. The number of aryl methyl sites for hydroxylation is 1. The van der Waals surface area contributed by atoms with Gasteiger partial charge in [-0.15, -0.1) is 0 Å². The van der Waals surface area contributed by atoms with Gasteiger partial charge in [-0.3, -0.25) is 4.68 Å². The number of benzene rings is 2. The van der Waals surface area contributed by atoms with Crippen molar-refractivity contribution in [3.63, 3.8) is 0 Å². The third-order valence-corrected chi connectivity index (χ3v) is 3.57. The van der Waals surface area contributed by atoms with Crippen molar-refractivity contribution < 1.29 is 0 Å². The molecule has 0 fully saturated rings. The number of hydrogen-bond donors (Lipinski definition) is 0. The van der Waals surface area contributed by atoms with Crippen molar-refractivity contribution in [1.29, 1.82) is 0 Å². The Kier molecular flexibility index (Phi) is 2.86. The average molecular weight is 250 g/mol. The second-order valence-electron chi connectivity index (χ2n) is 5.38. The van der Waals surface area contributed by atoms with Gasteiger partial charge in [-0.2, -0.15) is 5.10 Å². The molecule has 2 heteroatoms. The zero-order valence-electron chi connectivity index (χ0n) is 11.6. The van der Waals surface area contributed by atoms with E-state index in [0.717, 1.165) is 5.56 Å². The van der Waals surface area contributed by atoms with Crippen molar-refractivity contribution in [1.82, 2.24) is 9.78 Å². The summed E-state index contributed by atoms with van der Waals surface area (Å²) in [6.07, 6.45) is 3.95. The Bertz CT molecular complexity index is 723. The minimum absolute atomic E-state index is 0.572. The van der Waals surface area contributed by atoms with Crippen LogP contribution in [0.15, 0.2) is 48.8 Å². The average Bonchev–Trinajstić information content (AvgIpc) is 2.84. The Morgan fingerprint density at radius 1 is 0.947 bits per heavy atom. The Balaban J connectivity index is 2.09. The highest BCUT2D eigenvalue weighted by Gasteiger charge is 2.04. The van der Waals surface area contributed by atoms with Gasteiger partial charge in [0.2, 0.25) is 0 Å². The van der Waals surface area contributed by atoms with E-state index in [9.17, 15) is 0 Å². The fraction of sp³-hybridized carbons (Fsp3) is 0.235. The van der Waals surface area contributed by atoms with Crippen LogP contribution < -0.4 is 0 Å². The van der Waals surface area contributed by atoms with Crippen molar-refractivity contribution in [3.05, 3.63) is 54.4 Å². The number of fused-ring (bicyclic) bond motifs is 1. The largest absolute Gasteiger partial charge is 0.275 e. The molecule has 96 valence electrons. The van der Waals surface area contributed by atoms with Crippen LogP contribution in [0.25, 0.3) is 21.9 Å². The van der Waals surface area contributed by atoms with Crippen molar-refractivity contribution in [2.75, 3.05) is 0 Å². The summed E-state index contributed by atoms with van der Waals surface area (Å²) in [7, 11) is 1.94. The molecule has 0 unspecified atom stereocenters. The van der Waals surface area contributed by atoms with Crippen LogP contribution >= 0.6 is 0 Å². The smallest absolute Gasteiger partial charge is 0.0568 e. The first kappa shape index (κ1) is 12.0. The van der Waals surface area contributed by atoms with E-state index in [1.807, 2.05) is 24.1 Å². The number of rotatable bonds is 2. The summed E-state index contributed by atoms with van der Waals surface area (Å²) in [4.78, 5) is 0. The van der Waals surface area contributed by atoms with Crippen LogP contribution in [-0.2, 0) is 7.05 Å². The number of nitrogens with zero attached hydrogens (tertiary/aromatic N) is 2. The van der Waals surface area contributed by atoms with Crippen LogP contribution in [-0.4, -0.2) is 9.78 Å². The van der Waals surface area contributed by atoms with Gasteiger partial charge < -0.3 is 0 Å². The Morgan fingerprint density at radius 2 is 1.68 bits per heavy atom. The van der Waals surface area contributed by atoms with Gasteiger partial charge in [-0.1, -0.05) is 44.2 Å². The van der Waals surface area contributed by atoms with Crippen LogP contribution in [0.4, 0.5) is 0 Å². The molecule has 1 heterocycles. The standard InChI is InChI=1S/C17H18N2/c1-12(2)13-4-5-15-9-16(7-6-14(15)8-13)17-10-18-19(3)11-17/h4-12H,1-3H3. The Hall–Kier alpha value is -2.09. The highest BCUT2D eigenvalue weighted by atomic mass is 15.2. The summed E-state index contributed by atoms with van der Waals surface area (Å²) in [5, 5.41) is 6.81. The maximum atomic E-state index is 4.23. The molecule has 0 bridgehead atoms. The highest BCUT2D eigenvalue weighted by molar-refractivity contribution is 5.87. The molecule has 0 N–H and O–H groups in total. The zero-order chi connectivity index (χ0) is 13.4. The van der Waals surface area contributed by atoms with Crippen LogP contribution in [0.3, 0.4) is 0 Å². The van der Waals surface area contributed by atoms with E-state index in [-0.39, 0.29) is 0 Å². The molecule has 0 saturated carbocycles. The fourth-order valence-corrected chi connectivity index (χ4v) is 2.37. The van der Waals surface area contributed by atoms with Gasteiger partial charge >= 0.3 is 0 Å². The van der Waals surface area contributed by atoms with E-state index in [4.69, 9.17) is 0 Å². The van der Waals surface area contributed by atoms with E-state index in [1.165, 1.54) is 21.9 Å². The Morgan fingerprint density at radius 3 is 2.37 bits per heavy atom. The predicted molar refractivity (Wildman–Crippen MR) is 80.2 cm³/mol. The van der Waals surface area contributed by atoms with E-state index >= 15 is 0 Å².